The van der Waals surface area contributed by atoms with Crippen molar-refractivity contribution in [3.8, 4) is 11.6 Å². The summed E-state index contributed by atoms with van der Waals surface area (Å²) in [7, 11) is 0. The summed E-state index contributed by atoms with van der Waals surface area (Å²) in [5, 5.41) is 13.6. The third kappa shape index (κ3) is 1.48. The van der Waals surface area contributed by atoms with Crippen LogP contribution in [0.1, 0.15) is 5.82 Å². The van der Waals surface area contributed by atoms with E-state index in [1.165, 1.54) is 6.21 Å². The number of hydrogen-bond donors (Lipinski definition) is 2. The lowest BCUT2D eigenvalue weighted by molar-refractivity contribution is 0.577. The summed E-state index contributed by atoms with van der Waals surface area (Å²) < 4.78 is 5.11. The smallest absolute Gasteiger partial charge is 0.216 e. The average molecular weight is 176 g/mol. The fraction of sp³-hybridized carbons (Fsp3) is 0.125. The molecule has 0 fully saturated rings. The molecular weight excluding hydrogens is 168 g/mol. The van der Waals surface area contributed by atoms with Crippen molar-refractivity contribution < 1.29 is 4.42 Å². The largest absolute Gasteiger partial charge is 0.461 e. The molecule has 0 aliphatic rings. The van der Waals surface area contributed by atoms with Crippen LogP contribution in [0.3, 0.4) is 0 Å². The minimum absolute atomic E-state index is 0.466. The van der Waals surface area contributed by atoms with E-state index >= 15 is 0 Å². The van der Waals surface area contributed by atoms with Crippen LogP contribution in [0.2, 0.25) is 0 Å². The molecule has 0 amide bonds. The molecule has 0 spiro atoms. The minimum atomic E-state index is 0.466. The van der Waals surface area contributed by atoms with Crippen molar-refractivity contribution in [3.05, 3.63) is 24.2 Å². The van der Waals surface area contributed by atoms with Crippen molar-refractivity contribution in [2.45, 2.75) is 6.42 Å². The number of furan rings is 1. The summed E-state index contributed by atoms with van der Waals surface area (Å²) in [4.78, 5) is 4.13. The third-order valence-corrected chi connectivity index (χ3v) is 1.57. The predicted molar refractivity (Wildman–Crippen MR) is 46.6 cm³/mol. The number of aromatic nitrogens is 3. The van der Waals surface area contributed by atoms with Gasteiger partial charge < -0.3 is 9.83 Å². The van der Waals surface area contributed by atoms with Crippen LogP contribution in [0, 0.1) is 5.41 Å². The van der Waals surface area contributed by atoms with Crippen molar-refractivity contribution in [1.82, 2.24) is 15.2 Å². The SMILES string of the molecule is N=CCc1nc(-c2ccco2)n[nH]1. The molecule has 2 heterocycles. The van der Waals surface area contributed by atoms with Gasteiger partial charge in [0.25, 0.3) is 0 Å². The number of hydrogen-bond acceptors (Lipinski definition) is 4. The minimum Gasteiger partial charge on any atom is -0.461 e. The highest BCUT2D eigenvalue weighted by Crippen LogP contribution is 2.13. The lowest BCUT2D eigenvalue weighted by Gasteiger charge is -1.84. The highest BCUT2D eigenvalue weighted by molar-refractivity contribution is 5.56. The Hall–Kier alpha value is -1.91. The Morgan fingerprint density at radius 1 is 1.62 bits per heavy atom. The first-order chi connectivity index (χ1) is 6.40. The number of nitrogens with one attached hydrogen (secondary N) is 2. The molecule has 2 N–H and O–H groups in total. The molecule has 2 rings (SSSR count). The second-order valence-corrected chi connectivity index (χ2v) is 2.49. The highest BCUT2D eigenvalue weighted by atomic mass is 16.3. The molecule has 2 aromatic rings. The van der Waals surface area contributed by atoms with Crippen LogP contribution in [0.5, 0.6) is 0 Å². The Labute approximate surface area is 74.3 Å². The van der Waals surface area contributed by atoms with E-state index in [4.69, 9.17) is 9.83 Å². The first kappa shape index (κ1) is 7.72. The van der Waals surface area contributed by atoms with Gasteiger partial charge in [-0.3, -0.25) is 5.10 Å². The van der Waals surface area contributed by atoms with Crippen LogP contribution in [0.4, 0.5) is 0 Å². The van der Waals surface area contributed by atoms with Gasteiger partial charge in [-0.2, -0.15) is 5.10 Å². The normalized spacial score (nSPS) is 10.2. The quantitative estimate of drug-likeness (QED) is 0.691. The summed E-state index contributed by atoms with van der Waals surface area (Å²) in [5.41, 5.74) is 0. The van der Waals surface area contributed by atoms with E-state index in [2.05, 4.69) is 15.2 Å². The first-order valence-electron chi connectivity index (χ1n) is 3.84. The molecule has 13 heavy (non-hydrogen) atoms. The zero-order chi connectivity index (χ0) is 9.10. The summed E-state index contributed by atoms with van der Waals surface area (Å²) in [6.07, 6.45) is 3.31. The average Bonchev–Trinajstić information content (AvgIpc) is 2.70. The van der Waals surface area contributed by atoms with Crippen LogP contribution < -0.4 is 0 Å². The van der Waals surface area contributed by atoms with E-state index in [1.54, 1.807) is 18.4 Å². The second kappa shape index (κ2) is 3.22. The topological polar surface area (TPSA) is 78.6 Å². The molecule has 66 valence electrons. The monoisotopic (exact) mass is 176 g/mol. The van der Waals surface area contributed by atoms with E-state index in [9.17, 15) is 0 Å². The van der Waals surface area contributed by atoms with Crippen molar-refractivity contribution in [2.24, 2.45) is 0 Å². The highest BCUT2D eigenvalue weighted by Gasteiger charge is 2.06. The summed E-state index contributed by atoms with van der Waals surface area (Å²) >= 11 is 0. The molecule has 0 aromatic carbocycles. The van der Waals surface area contributed by atoms with Gasteiger partial charge in [0.1, 0.15) is 5.82 Å². The maximum absolute atomic E-state index is 6.89. The Morgan fingerprint density at radius 2 is 2.54 bits per heavy atom. The van der Waals surface area contributed by atoms with Crippen molar-refractivity contribution >= 4 is 6.21 Å². The zero-order valence-corrected chi connectivity index (χ0v) is 6.82. The number of nitrogens with zero attached hydrogens (tertiary/aromatic N) is 2. The van der Waals surface area contributed by atoms with Crippen molar-refractivity contribution in [2.75, 3.05) is 0 Å². The Bertz CT molecular complexity index is 390. The molecule has 0 unspecified atom stereocenters. The van der Waals surface area contributed by atoms with Crippen LogP contribution in [-0.2, 0) is 6.42 Å². The van der Waals surface area contributed by atoms with Gasteiger partial charge in [0.15, 0.2) is 5.76 Å². The maximum atomic E-state index is 6.89. The summed E-state index contributed by atoms with van der Waals surface area (Å²) in [6.45, 7) is 0. The Kier molecular flexibility index (Phi) is 1.91. The van der Waals surface area contributed by atoms with Crippen LogP contribution >= 0.6 is 0 Å². The summed E-state index contributed by atoms with van der Waals surface area (Å²) in [5.74, 6) is 1.83. The lowest BCUT2D eigenvalue weighted by atomic mass is 10.4. The van der Waals surface area contributed by atoms with Gasteiger partial charge in [-0.15, -0.1) is 0 Å². The third-order valence-electron chi connectivity index (χ3n) is 1.57. The van der Waals surface area contributed by atoms with Gasteiger partial charge in [0, 0.05) is 12.6 Å². The van der Waals surface area contributed by atoms with Crippen LogP contribution in [-0.4, -0.2) is 21.4 Å². The number of H-pyrrole nitrogens is 1. The number of aromatic amines is 1. The maximum Gasteiger partial charge on any atom is 0.216 e. The predicted octanol–water partition coefficient (Wildman–Crippen LogP) is 1.26. The van der Waals surface area contributed by atoms with Gasteiger partial charge >= 0.3 is 0 Å². The van der Waals surface area contributed by atoms with Gasteiger partial charge in [-0.1, -0.05) is 0 Å². The zero-order valence-electron chi connectivity index (χ0n) is 6.82. The second-order valence-electron chi connectivity index (χ2n) is 2.49. The molecule has 0 aliphatic carbocycles. The van der Waals surface area contributed by atoms with Gasteiger partial charge in [0.2, 0.25) is 5.82 Å². The van der Waals surface area contributed by atoms with Crippen molar-refractivity contribution in [3.63, 3.8) is 0 Å². The van der Waals surface area contributed by atoms with Crippen molar-refractivity contribution in [1.29, 1.82) is 5.41 Å². The molecule has 0 saturated carbocycles. The Balaban J connectivity index is 2.28. The van der Waals surface area contributed by atoms with Gasteiger partial charge in [-0.05, 0) is 12.1 Å². The van der Waals surface area contributed by atoms with Gasteiger partial charge in [0.05, 0.1) is 6.26 Å². The molecule has 2 aromatic heterocycles. The molecule has 0 saturated heterocycles. The Morgan fingerprint density at radius 3 is 3.23 bits per heavy atom. The van der Waals surface area contributed by atoms with Crippen LogP contribution in [0.25, 0.3) is 11.6 Å². The van der Waals surface area contributed by atoms with E-state index < -0.39 is 0 Å². The molecule has 5 nitrogen and oxygen atoms in total. The molecule has 0 aliphatic heterocycles. The summed E-state index contributed by atoms with van der Waals surface area (Å²) in [6, 6.07) is 3.57. The molecular formula is C8H8N4O. The van der Waals surface area contributed by atoms with E-state index in [1.807, 2.05) is 0 Å². The molecule has 0 atom stereocenters. The van der Waals surface area contributed by atoms with Crippen LogP contribution in [0.15, 0.2) is 22.8 Å². The van der Waals surface area contributed by atoms with Gasteiger partial charge in [-0.25, -0.2) is 4.98 Å². The standard InChI is InChI=1S/C8H8N4O/c9-4-3-7-10-8(12-11-7)6-2-1-5-13-6/h1-2,4-5,9H,3H2,(H,10,11,12). The fourth-order valence-corrected chi connectivity index (χ4v) is 0.999. The fourth-order valence-electron chi connectivity index (χ4n) is 0.999. The molecule has 5 heteroatoms. The van der Waals surface area contributed by atoms with E-state index in [0.29, 0.717) is 23.8 Å². The van der Waals surface area contributed by atoms with E-state index in [-0.39, 0.29) is 0 Å². The number of rotatable bonds is 3. The lowest BCUT2D eigenvalue weighted by Crippen LogP contribution is -1.87. The first-order valence-corrected chi connectivity index (χ1v) is 3.84. The molecule has 0 radical (unpaired) electrons. The molecule has 0 bridgehead atoms. The van der Waals surface area contributed by atoms with E-state index in [0.717, 1.165) is 0 Å².